The predicted octanol–water partition coefficient (Wildman–Crippen LogP) is 3.51. The van der Waals surface area contributed by atoms with E-state index in [-0.39, 0.29) is 18.4 Å². The van der Waals surface area contributed by atoms with Crippen molar-refractivity contribution in [1.82, 2.24) is 5.32 Å². The van der Waals surface area contributed by atoms with Crippen molar-refractivity contribution in [2.75, 3.05) is 13.2 Å². The van der Waals surface area contributed by atoms with Gasteiger partial charge in [-0.05, 0) is 37.0 Å². The average Bonchev–Trinajstić information content (AvgIpc) is 2.93. The predicted molar refractivity (Wildman–Crippen MR) is 91.7 cm³/mol. The second-order valence-corrected chi connectivity index (χ2v) is 6.54. The smallest absolute Gasteiger partial charge is 0.261 e. The molecule has 0 aliphatic carbocycles. The van der Waals surface area contributed by atoms with Crippen LogP contribution < -0.4 is 5.32 Å². The summed E-state index contributed by atoms with van der Waals surface area (Å²) in [5.41, 5.74) is 2.33. The lowest BCUT2D eigenvalue weighted by molar-refractivity contribution is 0.0953. The minimum Gasteiger partial charge on any atom is -0.396 e. The Morgan fingerprint density at radius 3 is 2.64 bits per heavy atom. The van der Waals surface area contributed by atoms with Gasteiger partial charge in [0.2, 0.25) is 0 Å². The average molecular weight is 317 g/mol. The first-order valence-electron chi connectivity index (χ1n) is 7.69. The summed E-state index contributed by atoms with van der Waals surface area (Å²) in [7, 11) is 0. The molecular formula is C18H23NO2S. The lowest BCUT2D eigenvalue weighted by Gasteiger charge is -2.16. The number of rotatable bonds is 7. The molecule has 0 aliphatic rings. The van der Waals surface area contributed by atoms with Crippen LogP contribution in [0.2, 0.25) is 0 Å². The van der Waals surface area contributed by atoms with Crippen LogP contribution in [0.4, 0.5) is 0 Å². The Kier molecular flexibility index (Phi) is 6.16. The molecule has 3 nitrogen and oxygen atoms in total. The fourth-order valence-electron chi connectivity index (χ4n) is 2.55. The Bertz CT molecular complexity index is 607. The van der Waals surface area contributed by atoms with Gasteiger partial charge in [0.05, 0.1) is 4.88 Å². The zero-order valence-electron chi connectivity index (χ0n) is 13.1. The molecule has 0 saturated carbocycles. The number of aliphatic hydroxyl groups excluding tert-OH is 1. The number of aliphatic hydroxyl groups is 1. The van der Waals surface area contributed by atoms with E-state index >= 15 is 0 Å². The molecule has 1 atom stereocenters. The van der Waals surface area contributed by atoms with Crippen LogP contribution in [0.3, 0.4) is 0 Å². The SMILES string of the molecule is CCc1sc(C(=O)NCC(CCO)c2ccccc2)cc1C. The van der Waals surface area contributed by atoms with Gasteiger partial charge in [0, 0.05) is 23.9 Å². The van der Waals surface area contributed by atoms with Crippen molar-refractivity contribution < 1.29 is 9.90 Å². The quantitative estimate of drug-likeness (QED) is 0.821. The van der Waals surface area contributed by atoms with E-state index < -0.39 is 0 Å². The molecule has 2 aromatic rings. The van der Waals surface area contributed by atoms with Gasteiger partial charge in [-0.3, -0.25) is 4.79 Å². The first-order valence-corrected chi connectivity index (χ1v) is 8.50. The fraction of sp³-hybridized carbons (Fsp3) is 0.389. The molecule has 4 heteroatoms. The van der Waals surface area contributed by atoms with E-state index in [9.17, 15) is 9.90 Å². The minimum atomic E-state index is -0.0216. The van der Waals surface area contributed by atoms with Gasteiger partial charge in [-0.1, -0.05) is 37.3 Å². The zero-order chi connectivity index (χ0) is 15.9. The number of carbonyl (C=O) groups excluding carboxylic acids is 1. The van der Waals surface area contributed by atoms with Gasteiger partial charge in [0.25, 0.3) is 5.91 Å². The highest BCUT2D eigenvalue weighted by atomic mass is 32.1. The molecule has 0 spiro atoms. The Balaban J connectivity index is 2.01. The molecule has 1 aromatic heterocycles. The lowest BCUT2D eigenvalue weighted by Crippen LogP contribution is -2.28. The summed E-state index contributed by atoms with van der Waals surface area (Å²) >= 11 is 1.57. The van der Waals surface area contributed by atoms with Gasteiger partial charge < -0.3 is 10.4 Å². The van der Waals surface area contributed by atoms with Crippen molar-refractivity contribution in [3.8, 4) is 0 Å². The highest BCUT2D eigenvalue weighted by Crippen LogP contribution is 2.23. The van der Waals surface area contributed by atoms with E-state index in [1.165, 1.54) is 10.4 Å². The number of benzene rings is 1. The highest BCUT2D eigenvalue weighted by Gasteiger charge is 2.15. The Morgan fingerprint density at radius 2 is 2.05 bits per heavy atom. The Morgan fingerprint density at radius 1 is 1.32 bits per heavy atom. The number of nitrogens with one attached hydrogen (secondary N) is 1. The molecule has 0 aliphatic heterocycles. The molecule has 1 unspecified atom stereocenters. The molecule has 2 rings (SSSR count). The minimum absolute atomic E-state index is 0.0216. The van der Waals surface area contributed by atoms with E-state index in [1.807, 2.05) is 43.3 Å². The molecule has 2 N–H and O–H groups in total. The zero-order valence-corrected chi connectivity index (χ0v) is 14.0. The first-order chi connectivity index (χ1) is 10.7. The number of carbonyl (C=O) groups is 1. The molecule has 0 fully saturated rings. The van der Waals surface area contributed by atoms with E-state index in [4.69, 9.17) is 0 Å². The van der Waals surface area contributed by atoms with E-state index in [0.29, 0.717) is 13.0 Å². The Labute approximate surface area is 136 Å². The van der Waals surface area contributed by atoms with Crippen LogP contribution in [0.5, 0.6) is 0 Å². The van der Waals surface area contributed by atoms with Crippen molar-refractivity contribution in [1.29, 1.82) is 0 Å². The van der Waals surface area contributed by atoms with Crippen LogP contribution >= 0.6 is 11.3 Å². The monoisotopic (exact) mass is 317 g/mol. The number of amides is 1. The van der Waals surface area contributed by atoms with Crippen molar-refractivity contribution in [3.05, 3.63) is 57.3 Å². The lowest BCUT2D eigenvalue weighted by atomic mass is 9.96. The summed E-state index contributed by atoms with van der Waals surface area (Å²) in [6.07, 6.45) is 1.61. The fourth-order valence-corrected chi connectivity index (χ4v) is 3.58. The van der Waals surface area contributed by atoms with Crippen molar-refractivity contribution >= 4 is 17.2 Å². The summed E-state index contributed by atoms with van der Waals surface area (Å²) in [6, 6.07) is 12.0. The summed E-state index contributed by atoms with van der Waals surface area (Å²) in [5, 5.41) is 12.2. The second-order valence-electron chi connectivity index (χ2n) is 5.40. The normalized spacial score (nSPS) is 12.1. The molecule has 118 valence electrons. The van der Waals surface area contributed by atoms with Crippen molar-refractivity contribution in [2.45, 2.75) is 32.6 Å². The van der Waals surface area contributed by atoms with E-state index in [2.05, 4.69) is 12.2 Å². The summed E-state index contributed by atoms with van der Waals surface area (Å²) in [6.45, 7) is 4.81. The third-order valence-electron chi connectivity index (χ3n) is 3.82. The van der Waals surface area contributed by atoms with Crippen LogP contribution in [0.25, 0.3) is 0 Å². The molecule has 0 bridgehead atoms. The van der Waals surface area contributed by atoms with Crippen molar-refractivity contribution in [2.24, 2.45) is 0 Å². The van der Waals surface area contributed by atoms with Gasteiger partial charge in [-0.25, -0.2) is 0 Å². The summed E-state index contributed by atoms with van der Waals surface area (Å²) in [4.78, 5) is 14.3. The van der Waals surface area contributed by atoms with Crippen LogP contribution in [-0.2, 0) is 6.42 Å². The summed E-state index contributed by atoms with van der Waals surface area (Å²) < 4.78 is 0. The Hall–Kier alpha value is -1.65. The largest absolute Gasteiger partial charge is 0.396 e. The first kappa shape index (κ1) is 16.7. The molecule has 1 heterocycles. The standard InChI is InChI=1S/C18H23NO2S/c1-3-16-13(2)11-17(22-16)18(21)19-12-15(9-10-20)14-7-5-4-6-8-14/h4-8,11,15,20H,3,9-10,12H2,1-2H3,(H,19,21). The highest BCUT2D eigenvalue weighted by molar-refractivity contribution is 7.14. The topological polar surface area (TPSA) is 49.3 Å². The van der Waals surface area contributed by atoms with Crippen LogP contribution in [0, 0.1) is 6.92 Å². The summed E-state index contributed by atoms with van der Waals surface area (Å²) in [5.74, 6) is 0.119. The number of aryl methyl sites for hydroxylation is 2. The van der Waals surface area contributed by atoms with E-state index in [0.717, 1.165) is 16.9 Å². The molecular weight excluding hydrogens is 294 g/mol. The second kappa shape index (κ2) is 8.11. The molecule has 1 aromatic carbocycles. The molecule has 22 heavy (non-hydrogen) atoms. The molecule has 0 radical (unpaired) electrons. The maximum atomic E-state index is 12.3. The number of hydrogen-bond donors (Lipinski definition) is 2. The maximum absolute atomic E-state index is 12.3. The molecule has 0 saturated heterocycles. The van der Waals surface area contributed by atoms with Gasteiger partial charge >= 0.3 is 0 Å². The van der Waals surface area contributed by atoms with Gasteiger partial charge in [-0.15, -0.1) is 11.3 Å². The number of hydrogen-bond acceptors (Lipinski definition) is 3. The van der Waals surface area contributed by atoms with Crippen molar-refractivity contribution in [3.63, 3.8) is 0 Å². The third kappa shape index (κ3) is 4.18. The third-order valence-corrected chi connectivity index (χ3v) is 5.20. The van der Waals surface area contributed by atoms with Gasteiger partial charge in [-0.2, -0.15) is 0 Å². The van der Waals surface area contributed by atoms with Crippen LogP contribution in [-0.4, -0.2) is 24.2 Å². The van der Waals surface area contributed by atoms with Crippen LogP contribution in [0.1, 0.15) is 44.9 Å². The molecule has 1 amide bonds. The van der Waals surface area contributed by atoms with Crippen LogP contribution in [0.15, 0.2) is 36.4 Å². The van der Waals surface area contributed by atoms with E-state index in [1.54, 1.807) is 11.3 Å². The maximum Gasteiger partial charge on any atom is 0.261 e. The number of thiophene rings is 1. The van der Waals surface area contributed by atoms with Gasteiger partial charge in [0.1, 0.15) is 0 Å². The van der Waals surface area contributed by atoms with Gasteiger partial charge in [0.15, 0.2) is 0 Å².